The molecule has 0 aliphatic heterocycles. The SMILES string of the molecule is N#Cc1ccc2c(c1)c(Br)cn2Cc1cccc(C(=O)O)c1. The summed E-state index contributed by atoms with van der Waals surface area (Å²) in [5.41, 5.74) is 2.79. The maximum Gasteiger partial charge on any atom is 0.335 e. The molecule has 0 saturated heterocycles. The highest BCUT2D eigenvalue weighted by Crippen LogP contribution is 2.28. The maximum absolute atomic E-state index is 11.0. The first-order chi connectivity index (χ1) is 10.6. The number of nitriles is 1. The molecule has 0 bridgehead atoms. The summed E-state index contributed by atoms with van der Waals surface area (Å²) < 4.78 is 2.94. The first-order valence-electron chi connectivity index (χ1n) is 6.59. The minimum atomic E-state index is -0.931. The van der Waals surface area contributed by atoms with Crippen LogP contribution in [-0.2, 0) is 6.54 Å². The Kier molecular flexibility index (Phi) is 3.70. The largest absolute Gasteiger partial charge is 0.478 e. The Morgan fingerprint density at radius 2 is 2.09 bits per heavy atom. The predicted molar refractivity (Wildman–Crippen MR) is 86.9 cm³/mol. The van der Waals surface area contributed by atoms with E-state index in [1.807, 2.05) is 29.0 Å². The average Bonchev–Trinajstić information content (AvgIpc) is 2.83. The molecule has 0 spiro atoms. The average molecular weight is 355 g/mol. The molecule has 5 heteroatoms. The third kappa shape index (κ3) is 2.61. The first-order valence-corrected chi connectivity index (χ1v) is 7.38. The van der Waals surface area contributed by atoms with E-state index in [0.29, 0.717) is 12.1 Å². The summed E-state index contributed by atoms with van der Waals surface area (Å²) in [7, 11) is 0. The number of benzene rings is 2. The van der Waals surface area contributed by atoms with Gasteiger partial charge in [0.25, 0.3) is 0 Å². The molecule has 0 saturated carbocycles. The lowest BCUT2D eigenvalue weighted by Crippen LogP contribution is -2.01. The molecule has 2 aromatic carbocycles. The van der Waals surface area contributed by atoms with Crippen LogP contribution in [0.4, 0.5) is 0 Å². The topological polar surface area (TPSA) is 66.0 Å². The second-order valence-corrected chi connectivity index (χ2v) is 5.81. The number of rotatable bonds is 3. The van der Waals surface area contributed by atoms with Gasteiger partial charge in [-0.3, -0.25) is 0 Å². The van der Waals surface area contributed by atoms with Crippen LogP contribution in [0.25, 0.3) is 10.9 Å². The first kappa shape index (κ1) is 14.4. The van der Waals surface area contributed by atoms with Gasteiger partial charge in [0, 0.05) is 28.1 Å². The second kappa shape index (κ2) is 5.66. The van der Waals surface area contributed by atoms with Crippen molar-refractivity contribution in [3.8, 4) is 6.07 Å². The van der Waals surface area contributed by atoms with Crippen LogP contribution in [-0.4, -0.2) is 15.6 Å². The Labute approximate surface area is 135 Å². The molecular weight excluding hydrogens is 344 g/mol. The molecule has 0 radical (unpaired) electrons. The molecule has 4 nitrogen and oxygen atoms in total. The molecule has 3 aromatic rings. The molecular formula is C17H11BrN2O2. The number of fused-ring (bicyclic) bond motifs is 1. The quantitative estimate of drug-likeness (QED) is 0.772. The summed E-state index contributed by atoms with van der Waals surface area (Å²) in [4.78, 5) is 11.0. The van der Waals surface area contributed by atoms with E-state index >= 15 is 0 Å². The van der Waals surface area contributed by atoms with Gasteiger partial charge in [-0.25, -0.2) is 4.79 Å². The summed E-state index contributed by atoms with van der Waals surface area (Å²) in [6.45, 7) is 0.565. The lowest BCUT2D eigenvalue weighted by atomic mass is 10.1. The second-order valence-electron chi connectivity index (χ2n) is 4.95. The van der Waals surface area contributed by atoms with Crippen LogP contribution in [0.1, 0.15) is 21.5 Å². The van der Waals surface area contributed by atoms with Crippen LogP contribution in [0.15, 0.2) is 53.1 Å². The van der Waals surface area contributed by atoms with Gasteiger partial charge in [-0.1, -0.05) is 12.1 Å². The minimum Gasteiger partial charge on any atom is -0.478 e. The van der Waals surface area contributed by atoms with Crippen LogP contribution < -0.4 is 0 Å². The molecule has 0 amide bonds. The summed E-state index contributed by atoms with van der Waals surface area (Å²) >= 11 is 3.51. The molecule has 1 heterocycles. The zero-order chi connectivity index (χ0) is 15.7. The van der Waals surface area contributed by atoms with Crippen LogP contribution in [0.5, 0.6) is 0 Å². The smallest absolute Gasteiger partial charge is 0.335 e. The van der Waals surface area contributed by atoms with Crippen LogP contribution in [0.2, 0.25) is 0 Å². The molecule has 22 heavy (non-hydrogen) atoms. The fourth-order valence-corrected chi connectivity index (χ4v) is 3.02. The molecule has 0 atom stereocenters. The monoisotopic (exact) mass is 354 g/mol. The third-order valence-electron chi connectivity index (χ3n) is 3.49. The fraction of sp³-hybridized carbons (Fsp3) is 0.0588. The van der Waals surface area contributed by atoms with E-state index in [-0.39, 0.29) is 5.56 Å². The van der Waals surface area contributed by atoms with Crippen molar-refractivity contribution in [1.29, 1.82) is 5.26 Å². The van der Waals surface area contributed by atoms with E-state index in [1.165, 1.54) is 0 Å². The Balaban J connectivity index is 2.03. The van der Waals surface area contributed by atoms with Gasteiger partial charge in [-0.15, -0.1) is 0 Å². The molecule has 0 unspecified atom stereocenters. The summed E-state index contributed by atoms with van der Waals surface area (Å²) in [6.07, 6.45) is 1.94. The van der Waals surface area contributed by atoms with Crippen molar-refractivity contribution in [2.45, 2.75) is 6.54 Å². The van der Waals surface area contributed by atoms with Gasteiger partial charge >= 0.3 is 5.97 Å². The molecule has 0 fully saturated rings. The van der Waals surface area contributed by atoms with E-state index in [4.69, 9.17) is 10.4 Å². The Bertz CT molecular complexity index is 922. The highest BCUT2D eigenvalue weighted by molar-refractivity contribution is 9.10. The lowest BCUT2D eigenvalue weighted by Gasteiger charge is -2.06. The Hall–Kier alpha value is -2.58. The number of nitrogens with zero attached hydrogens (tertiary/aromatic N) is 2. The number of aromatic nitrogens is 1. The highest BCUT2D eigenvalue weighted by atomic mass is 79.9. The van der Waals surface area contributed by atoms with Gasteiger partial charge in [0.1, 0.15) is 0 Å². The lowest BCUT2D eigenvalue weighted by molar-refractivity contribution is 0.0696. The van der Waals surface area contributed by atoms with Crippen molar-refractivity contribution < 1.29 is 9.90 Å². The number of carboxylic acid groups (broad SMARTS) is 1. The maximum atomic E-state index is 11.0. The van der Waals surface area contributed by atoms with Gasteiger partial charge in [0.05, 0.1) is 17.2 Å². The van der Waals surface area contributed by atoms with E-state index in [9.17, 15) is 4.79 Å². The summed E-state index contributed by atoms with van der Waals surface area (Å²) in [5.74, 6) is -0.931. The molecule has 0 aliphatic rings. The minimum absolute atomic E-state index is 0.278. The normalized spacial score (nSPS) is 10.5. The van der Waals surface area contributed by atoms with Crippen LogP contribution in [0.3, 0.4) is 0 Å². The van der Waals surface area contributed by atoms with Crippen molar-refractivity contribution >= 4 is 32.8 Å². The van der Waals surface area contributed by atoms with Crippen molar-refractivity contribution in [3.63, 3.8) is 0 Å². The van der Waals surface area contributed by atoms with Crippen molar-refractivity contribution in [2.75, 3.05) is 0 Å². The third-order valence-corrected chi connectivity index (χ3v) is 4.12. The zero-order valence-corrected chi connectivity index (χ0v) is 13.0. The summed E-state index contributed by atoms with van der Waals surface area (Å²) in [5, 5.41) is 19.0. The van der Waals surface area contributed by atoms with Gasteiger partial charge in [0.15, 0.2) is 0 Å². The van der Waals surface area contributed by atoms with Gasteiger partial charge in [0.2, 0.25) is 0 Å². The number of aromatic carboxylic acids is 1. The van der Waals surface area contributed by atoms with E-state index in [1.54, 1.807) is 24.3 Å². The molecule has 0 aliphatic carbocycles. The predicted octanol–water partition coefficient (Wildman–Crippen LogP) is 4.02. The standard InChI is InChI=1S/C17H11BrN2O2/c18-15-10-20(16-5-4-11(8-19)7-14(15)16)9-12-2-1-3-13(6-12)17(21)22/h1-7,10H,9H2,(H,21,22). The van der Waals surface area contributed by atoms with Crippen molar-refractivity contribution in [2.24, 2.45) is 0 Å². The van der Waals surface area contributed by atoms with E-state index in [0.717, 1.165) is 20.9 Å². The van der Waals surface area contributed by atoms with Crippen LogP contribution in [0, 0.1) is 11.3 Å². The summed E-state index contributed by atoms with van der Waals surface area (Å²) in [6, 6.07) is 14.5. The molecule has 108 valence electrons. The number of hydrogen-bond donors (Lipinski definition) is 1. The van der Waals surface area contributed by atoms with Gasteiger partial charge in [-0.05, 0) is 51.8 Å². The van der Waals surface area contributed by atoms with Gasteiger partial charge < -0.3 is 9.67 Å². The molecule has 3 rings (SSSR count). The fourth-order valence-electron chi connectivity index (χ4n) is 2.45. The van der Waals surface area contributed by atoms with Crippen molar-refractivity contribution in [3.05, 3.63) is 69.8 Å². The Morgan fingerprint density at radius 3 is 2.82 bits per heavy atom. The Morgan fingerprint density at radius 1 is 1.27 bits per heavy atom. The molecule has 1 aromatic heterocycles. The number of halogens is 1. The van der Waals surface area contributed by atoms with E-state index in [2.05, 4.69) is 22.0 Å². The van der Waals surface area contributed by atoms with Crippen LogP contribution >= 0.6 is 15.9 Å². The number of carbonyl (C=O) groups is 1. The highest BCUT2D eigenvalue weighted by Gasteiger charge is 2.09. The van der Waals surface area contributed by atoms with Crippen molar-refractivity contribution in [1.82, 2.24) is 4.57 Å². The zero-order valence-electron chi connectivity index (χ0n) is 11.5. The number of hydrogen-bond acceptors (Lipinski definition) is 2. The van der Waals surface area contributed by atoms with Gasteiger partial charge in [-0.2, -0.15) is 5.26 Å². The van der Waals surface area contributed by atoms with E-state index < -0.39 is 5.97 Å². The molecule has 1 N–H and O–H groups in total. The number of carboxylic acids is 1.